The van der Waals surface area contributed by atoms with Crippen LogP contribution in [0.4, 0.5) is 0 Å². The fraction of sp³-hybridized carbons (Fsp3) is 0.556. The van der Waals surface area contributed by atoms with Crippen LogP contribution in [0.3, 0.4) is 0 Å². The first kappa shape index (κ1) is 8.97. The minimum atomic E-state index is -0.468. The molecule has 0 saturated heterocycles. The molecule has 1 heterocycles. The molecule has 1 rings (SSSR count). The zero-order chi connectivity index (χ0) is 9.35. The average Bonchev–Trinajstić information content (AvgIpc) is 2.25. The molecule has 3 nitrogen and oxygen atoms in total. The van der Waals surface area contributed by atoms with E-state index in [9.17, 15) is 4.79 Å². The maximum atomic E-state index is 10.6. The second-order valence-electron chi connectivity index (χ2n) is 3.53. The summed E-state index contributed by atoms with van der Waals surface area (Å²) in [4.78, 5) is 14.8. The lowest BCUT2D eigenvalue weighted by molar-refractivity contribution is -0.115. The third kappa shape index (κ3) is 1.40. The lowest BCUT2D eigenvalue weighted by atomic mass is 10.0. The largest absolute Gasteiger partial charge is 0.464 e. The predicted octanol–water partition coefficient (Wildman–Crippen LogP) is 1.34. The topological polar surface area (TPSA) is 38.7 Å². The van der Waals surface area contributed by atoms with Crippen LogP contribution in [0, 0.1) is 0 Å². The molecule has 0 aromatic rings. The molecule has 0 spiro atoms. The Bertz CT molecular complexity index is 253. The van der Waals surface area contributed by atoms with Gasteiger partial charge in [0.1, 0.15) is 5.54 Å². The highest BCUT2D eigenvalue weighted by molar-refractivity contribution is 5.95. The monoisotopic (exact) mass is 167 g/mol. The first-order valence-corrected chi connectivity index (χ1v) is 3.85. The highest BCUT2D eigenvalue weighted by atomic mass is 16.5. The molecule has 0 aromatic carbocycles. The van der Waals surface area contributed by atoms with Gasteiger partial charge in [-0.1, -0.05) is 6.58 Å². The highest BCUT2D eigenvalue weighted by Gasteiger charge is 2.37. The van der Waals surface area contributed by atoms with E-state index in [-0.39, 0.29) is 0 Å². The van der Waals surface area contributed by atoms with Gasteiger partial charge in [-0.15, -0.1) is 0 Å². The number of carbonyl (C=O) groups excluding carboxylic acids is 1. The Labute approximate surface area is 72.1 Å². The highest BCUT2D eigenvalue weighted by Crippen LogP contribution is 2.25. The Morgan fingerprint density at radius 3 is 2.58 bits per heavy atom. The molecule has 3 heteroatoms. The fourth-order valence-electron chi connectivity index (χ4n) is 1.01. The summed E-state index contributed by atoms with van der Waals surface area (Å²) < 4.78 is 5.27. The van der Waals surface area contributed by atoms with Crippen LogP contribution in [-0.4, -0.2) is 23.8 Å². The Morgan fingerprint density at radius 1 is 1.75 bits per heavy atom. The number of ether oxygens (including phenoxy) is 1. The number of nitrogens with zero attached hydrogens (tertiary/aromatic N) is 1. The maximum Gasteiger partial charge on any atom is 0.212 e. The van der Waals surface area contributed by atoms with Gasteiger partial charge in [-0.25, -0.2) is 4.99 Å². The van der Waals surface area contributed by atoms with Gasteiger partial charge < -0.3 is 4.74 Å². The Balaban J connectivity index is 2.89. The van der Waals surface area contributed by atoms with Crippen molar-refractivity contribution in [3.63, 3.8) is 0 Å². The van der Waals surface area contributed by atoms with Gasteiger partial charge in [0.25, 0.3) is 0 Å². The van der Waals surface area contributed by atoms with E-state index in [0.29, 0.717) is 5.90 Å². The molecule has 0 aliphatic carbocycles. The molecule has 66 valence electrons. The quantitative estimate of drug-likeness (QED) is 0.582. The number of aliphatic imine (C=N–C) groups is 1. The first-order valence-electron chi connectivity index (χ1n) is 3.85. The van der Waals surface area contributed by atoms with Crippen LogP contribution in [0.25, 0.3) is 0 Å². The Morgan fingerprint density at radius 2 is 2.33 bits per heavy atom. The molecule has 1 unspecified atom stereocenters. The molecule has 0 amide bonds. The summed E-state index contributed by atoms with van der Waals surface area (Å²) in [7, 11) is 0. The molecule has 0 N–H and O–H groups in total. The van der Waals surface area contributed by atoms with Crippen LogP contribution < -0.4 is 0 Å². The van der Waals surface area contributed by atoms with Crippen molar-refractivity contribution in [1.82, 2.24) is 0 Å². The van der Waals surface area contributed by atoms with Gasteiger partial charge in [0.15, 0.2) is 12.4 Å². The number of hydrogen-bond acceptors (Lipinski definition) is 3. The Hall–Kier alpha value is -1.12. The van der Waals surface area contributed by atoms with E-state index in [1.54, 1.807) is 0 Å². The number of rotatable bonds is 2. The minimum absolute atomic E-state index is 0.448. The molecule has 12 heavy (non-hydrogen) atoms. The lowest BCUT2D eigenvalue weighted by Crippen LogP contribution is -2.32. The van der Waals surface area contributed by atoms with Gasteiger partial charge in [0.2, 0.25) is 5.90 Å². The third-order valence-corrected chi connectivity index (χ3v) is 1.81. The predicted molar refractivity (Wildman–Crippen MR) is 47.3 cm³/mol. The summed E-state index contributed by atoms with van der Waals surface area (Å²) >= 11 is 0. The molecule has 0 radical (unpaired) electrons. The zero-order valence-electron chi connectivity index (χ0n) is 7.63. The van der Waals surface area contributed by atoms with Crippen LogP contribution in [-0.2, 0) is 9.53 Å². The van der Waals surface area contributed by atoms with Gasteiger partial charge in [-0.3, -0.25) is 4.79 Å². The third-order valence-electron chi connectivity index (χ3n) is 1.81. The van der Waals surface area contributed by atoms with Gasteiger partial charge in [-0.2, -0.15) is 0 Å². The second kappa shape index (κ2) is 2.73. The van der Waals surface area contributed by atoms with Crippen molar-refractivity contribution >= 4 is 12.2 Å². The molecule has 1 aliphatic heterocycles. The van der Waals surface area contributed by atoms with Crippen LogP contribution in [0.15, 0.2) is 17.1 Å². The van der Waals surface area contributed by atoms with Crippen LogP contribution in [0.2, 0.25) is 0 Å². The van der Waals surface area contributed by atoms with E-state index in [1.807, 2.05) is 20.8 Å². The number of aldehydes is 1. The number of hydrogen-bond donors (Lipinski definition) is 0. The Kier molecular flexibility index (Phi) is 2.04. The van der Waals surface area contributed by atoms with Gasteiger partial charge >= 0.3 is 0 Å². The summed E-state index contributed by atoms with van der Waals surface area (Å²) in [6.45, 7) is 9.23. The normalized spacial score (nSPS) is 25.9. The average molecular weight is 167 g/mol. The van der Waals surface area contributed by atoms with E-state index in [2.05, 4.69) is 11.6 Å². The van der Waals surface area contributed by atoms with Crippen molar-refractivity contribution < 1.29 is 9.53 Å². The summed E-state index contributed by atoms with van der Waals surface area (Å²) in [6.07, 6.45) is 0.309. The minimum Gasteiger partial charge on any atom is -0.464 e. The van der Waals surface area contributed by atoms with E-state index in [0.717, 1.165) is 11.9 Å². The molecule has 0 aromatic heterocycles. The summed E-state index contributed by atoms with van der Waals surface area (Å²) in [5, 5.41) is 0. The van der Waals surface area contributed by atoms with Crippen molar-refractivity contribution in [2.24, 2.45) is 4.99 Å². The van der Waals surface area contributed by atoms with Crippen molar-refractivity contribution in [3.8, 4) is 0 Å². The molecule has 0 bridgehead atoms. The van der Waals surface area contributed by atoms with E-state index in [4.69, 9.17) is 4.74 Å². The number of carbonyl (C=O) groups is 1. The molecule has 0 saturated carbocycles. The van der Waals surface area contributed by atoms with Crippen LogP contribution >= 0.6 is 0 Å². The summed E-state index contributed by atoms with van der Waals surface area (Å²) in [5.41, 5.74) is 0.308. The SMILES string of the molecule is C=C(C)C1=NC(C)(C)C(C=O)O1. The van der Waals surface area contributed by atoms with Crippen molar-refractivity contribution in [2.45, 2.75) is 32.4 Å². The molecule has 1 aliphatic rings. The lowest BCUT2D eigenvalue weighted by Gasteiger charge is -2.16. The smallest absolute Gasteiger partial charge is 0.212 e. The fourth-order valence-corrected chi connectivity index (χ4v) is 1.01. The van der Waals surface area contributed by atoms with Gasteiger partial charge in [-0.05, 0) is 20.8 Å². The van der Waals surface area contributed by atoms with Crippen LogP contribution in [0.5, 0.6) is 0 Å². The van der Waals surface area contributed by atoms with E-state index < -0.39 is 11.6 Å². The van der Waals surface area contributed by atoms with E-state index in [1.165, 1.54) is 0 Å². The van der Waals surface area contributed by atoms with Crippen molar-refractivity contribution in [1.29, 1.82) is 0 Å². The molecule has 0 fully saturated rings. The zero-order valence-corrected chi connectivity index (χ0v) is 7.63. The molecular weight excluding hydrogens is 154 g/mol. The maximum absolute atomic E-state index is 10.6. The molecule has 1 atom stereocenters. The molecular formula is C9H13NO2. The summed E-state index contributed by atoms with van der Waals surface area (Å²) in [6, 6.07) is 0. The summed E-state index contributed by atoms with van der Waals surface area (Å²) in [5.74, 6) is 0.497. The van der Waals surface area contributed by atoms with Crippen molar-refractivity contribution in [3.05, 3.63) is 12.2 Å². The van der Waals surface area contributed by atoms with Gasteiger partial charge in [0.05, 0.1) is 0 Å². The van der Waals surface area contributed by atoms with Crippen molar-refractivity contribution in [2.75, 3.05) is 0 Å². The van der Waals surface area contributed by atoms with E-state index >= 15 is 0 Å². The van der Waals surface area contributed by atoms with Gasteiger partial charge in [0, 0.05) is 5.57 Å². The second-order valence-corrected chi connectivity index (χ2v) is 3.53. The first-order chi connectivity index (χ1) is 5.47. The standard InChI is InChI=1S/C9H13NO2/c1-6(2)8-10-9(3,4)7(5-11)12-8/h5,7H,1H2,2-4H3. The van der Waals surface area contributed by atoms with Crippen LogP contribution in [0.1, 0.15) is 20.8 Å².